The first-order chi connectivity index (χ1) is 10.3. The van der Waals surface area contributed by atoms with Crippen molar-refractivity contribution in [2.24, 2.45) is 11.7 Å². The molecule has 0 bridgehead atoms. The second-order valence-corrected chi connectivity index (χ2v) is 6.72. The van der Waals surface area contributed by atoms with Gasteiger partial charge in [-0.1, -0.05) is 30.8 Å². The van der Waals surface area contributed by atoms with E-state index in [2.05, 4.69) is 15.0 Å². The van der Waals surface area contributed by atoms with Gasteiger partial charge in [-0.2, -0.15) is 4.98 Å². The van der Waals surface area contributed by atoms with Crippen LogP contribution < -0.4 is 5.73 Å². The Hall–Kier alpha value is -0.940. The van der Waals surface area contributed by atoms with Crippen LogP contribution in [0.1, 0.15) is 69.1 Å². The van der Waals surface area contributed by atoms with Crippen LogP contribution in [0.25, 0.3) is 0 Å². The maximum atomic E-state index is 6.22. The fraction of sp³-hybridized carbons (Fsp3) is 0.875. The van der Waals surface area contributed by atoms with Crippen molar-refractivity contribution in [2.45, 2.75) is 63.8 Å². The Morgan fingerprint density at radius 2 is 1.81 bits per heavy atom. The van der Waals surface area contributed by atoms with E-state index in [4.69, 9.17) is 10.3 Å². The number of nitrogens with two attached hydrogens (primary N) is 1. The third-order valence-electron chi connectivity index (χ3n) is 4.91. The molecule has 3 rings (SSSR count). The van der Waals surface area contributed by atoms with Crippen LogP contribution in [0.4, 0.5) is 0 Å². The van der Waals surface area contributed by atoms with Gasteiger partial charge in [0, 0.05) is 13.0 Å². The van der Waals surface area contributed by atoms with Crippen LogP contribution >= 0.6 is 0 Å². The van der Waals surface area contributed by atoms with Crippen LogP contribution in [-0.4, -0.2) is 34.7 Å². The van der Waals surface area contributed by atoms with Crippen molar-refractivity contribution in [3.05, 3.63) is 11.7 Å². The summed E-state index contributed by atoms with van der Waals surface area (Å²) in [6.45, 7) is 3.16. The molecule has 1 aliphatic heterocycles. The van der Waals surface area contributed by atoms with Crippen molar-refractivity contribution in [1.82, 2.24) is 15.0 Å². The minimum atomic E-state index is -0.116. The van der Waals surface area contributed by atoms with E-state index in [1.165, 1.54) is 51.4 Å². The van der Waals surface area contributed by atoms with Crippen molar-refractivity contribution >= 4 is 0 Å². The molecule has 2 aliphatic rings. The number of hydrogen-bond donors (Lipinski definition) is 1. The van der Waals surface area contributed by atoms with Crippen molar-refractivity contribution in [3.8, 4) is 0 Å². The highest BCUT2D eigenvalue weighted by molar-refractivity contribution is 4.95. The fourth-order valence-corrected chi connectivity index (χ4v) is 3.64. The Bertz CT molecular complexity index is 420. The summed E-state index contributed by atoms with van der Waals surface area (Å²) < 4.78 is 5.43. The zero-order valence-electron chi connectivity index (χ0n) is 13.0. The SMILES string of the molecule is NC(CN1CCCC1)c1noc(CC2CCCCCC2)n1. The van der Waals surface area contributed by atoms with Crippen LogP contribution in [-0.2, 0) is 6.42 Å². The summed E-state index contributed by atoms with van der Waals surface area (Å²) in [5, 5.41) is 4.11. The second-order valence-electron chi connectivity index (χ2n) is 6.72. The lowest BCUT2D eigenvalue weighted by molar-refractivity contribution is 0.302. The van der Waals surface area contributed by atoms with Crippen LogP contribution in [0.3, 0.4) is 0 Å². The van der Waals surface area contributed by atoms with Gasteiger partial charge in [-0.15, -0.1) is 0 Å². The summed E-state index contributed by atoms with van der Waals surface area (Å²) in [4.78, 5) is 6.94. The van der Waals surface area contributed by atoms with Gasteiger partial charge < -0.3 is 15.2 Å². The van der Waals surface area contributed by atoms with Gasteiger partial charge in [0.2, 0.25) is 5.89 Å². The molecule has 2 N–H and O–H groups in total. The lowest BCUT2D eigenvalue weighted by Gasteiger charge is -2.17. The predicted octanol–water partition coefficient (Wildman–Crippen LogP) is 2.68. The maximum absolute atomic E-state index is 6.22. The summed E-state index contributed by atoms with van der Waals surface area (Å²) in [7, 11) is 0. The molecule has 5 nitrogen and oxygen atoms in total. The van der Waals surface area contributed by atoms with Gasteiger partial charge in [-0.05, 0) is 44.7 Å². The summed E-state index contributed by atoms with van der Waals surface area (Å²) in [6.07, 6.45) is 11.6. The highest BCUT2D eigenvalue weighted by Gasteiger charge is 2.21. The standard InChI is InChI=1S/C16H28N4O/c17-14(12-20-9-5-6-10-20)16-18-15(21-19-16)11-13-7-3-1-2-4-8-13/h13-14H,1-12,17H2. The topological polar surface area (TPSA) is 68.2 Å². The third-order valence-corrected chi connectivity index (χ3v) is 4.91. The Labute approximate surface area is 127 Å². The first-order valence-electron chi connectivity index (χ1n) is 8.61. The molecule has 0 aromatic carbocycles. The Morgan fingerprint density at radius 1 is 1.10 bits per heavy atom. The average molecular weight is 292 g/mol. The molecule has 1 aromatic heterocycles. The van der Waals surface area contributed by atoms with E-state index in [0.717, 1.165) is 37.9 Å². The monoisotopic (exact) mass is 292 g/mol. The molecule has 0 radical (unpaired) electrons. The molecule has 0 amide bonds. The van der Waals surface area contributed by atoms with E-state index >= 15 is 0 Å². The molecule has 1 aliphatic carbocycles. The molecule has 0 spiro atoms. The number of aromatic nitrogens is 2. The van der Waals surface area contributed by atoms with Gasteiger partial charge in [0.1, 0.15) is 0 Å². The van der Waals surface area contributed by atoms with Crippen molar-refractivity contribution in [2.75, 3.05) is 19.6 Å². The first-order valence-corrected chi connectivity index (χ1v) is 8.61. The van der Waals surface area contributed by atoms with Crippen molar-refractivity contribution < 1.29 is 4.52 Å². The largest absolute Gasteiger partial charge is 0.339 e. The van der Waals surface area contributed by atoms with Crippen LogP contribution in [0, 0.1) is 5.92 Å². The lowest BCUT2D eigenvalue weighted by atomic mass is 9.97. The summed E-state index contributed by atoms with van der Waals surface area (Å²) in [6, 6.07) is -0.116. The van der Waals surface area contributed by atoms with Crippen LogP contribution in [0.5, 0.6) is 0 Å². The smallest absolute Gasteiger partial charge is 0.226 e. The van der Waals surface area contributed by atoms with E-state index in [1.807, 2.05) is 0 Å². The van der Waals surface area contributed by atoms with Crippen LogP contribution in [0.2, 0.25) is 0 Å². The van der Waals surface area contributed by atoms with E-state index in [9.17, 15) is 0 Å². The van der Waals surface area contributed by atoms with Gasteiger partial charge in [0.05, 0.1) is 6.04 Å². The first kappa shape index (κ1) is 15.0. The molecule has 1 saturated carbocycles. The Kier molecular flexibility index (Phi) is 5.25. The lowest BCUT2D eigenvalue weighted by Crippen LogP contribution is -2.30. The molecule has 21 heavy (non-hydrogen) atoms. The number of nitrogens with zero attached hydrogens (tertiary/aromatic N) is 3. The second kappa shape index (κ2) is 7.36. The van der Waals surface area contributed by atoms with Gasteiger partial charge >= 0.3 is 0 Å². The molecule has 1 saturated heterocycles. The molecular formula is C16H28N4O. The Morgan fingerprint density at radius 3 is 2.52 bits per heavy atom. The molecule has 118 valence electrons. The van der Waals surface area contributed by atoms with Gasteiger partial charge in [-0.25, -0.2) is 0 Å². The van der Waals surface area contributed by atoms with Gasteiger partial charge in [0.15, 0.2) is 5.82 Å². The summed E-state index contributed by atoms with van der Waals surface area (Å²) in [5.41, 5.74) is 6.22. The van der Waals surface area contributed by atoms with E-state index in [0.29, 0.717) is 5.82 Å². The molecule has 1 aromatic rings. The predicted molar refractivity (Wildman–Crippen MR) is 81.8 cm³/mol. The van der Waals surface area contributed by atoms with Crippen molar-refractivity contribution in [1.29, 1.82) is 0 Å². The number of likely N-dealkylation sites (tertiary alicyclic amines) is 1. The van der Waals surface area contributed by atoms with E-state index in [1.54, 1.807) is 0 Å². The molecular weight excluding hydrogens is 264 g/mol. The minimum Gasteiger partial charge on any atom is -0.339 e. The van der Waals surface area contributed by atoms with Gasteiger partial charge in [0.25, 0.3) is 0 Å². The quantitative estimate of drug-likeness (QED) is 0.845. The van der Waals surface area contributed by atoms with E-state index < -0.39 is 0 Å². The zero-order valence-corrected chi connectivity index (χ0v) is 13.0. The summed E-state index contributed by atoms with van der Waals surface area (Å²) in [5.74, 6) is 2.19. The Balaban J connectivity index is 1.52. The molecule has 1 atom stereocenters. The highest BCUT2D eigenvalue weighted by atomic mass is 16.5. The molecule has 2 heterocycles. The molecule has 2 fully saturated rings. The maximum Gasteiger partial charge on any atom is 0.226 e. The summed E-state index contributed by atoms with van der Waals surface area (Å²) >= 11 is 0. The fourth-order valence-electron chi connectivity index (χ4n) is 3.64. The van der Waals surface area contributed by atoms with Gasteiger partial charge in [-0.3, -0.25) is 0 Å². The normalized spacial score (nSPS) is 23.3. The molecule has 1 unspecified atom stereocenters. The third kappa shape index (κ3) is 4.27. The highest BCUT2D eigenvalue weighted by Crippen LogP contribution is 2.25. The minimum absolute atomic E-state index is 0.116. The van der Waals surface area contributed by atoms with Crippen LogP contribution in [0.15, 0.2) is 4.52 Å². The number of hydrogen-bond acceptors (Lipinski definition) is 5. The number of rotatable bonds is 5. The average Bonchev–Trinajstić information content (AvgIpc) is 3.08. The van der Waals surface area contributed by atoms with E-state index in [-0.39, 0.29) is 6.04 Å². The van der Waals surface area contributed by atoms with Crippen molar-refractivity contribution in [3.63, 3.8) is 0 Å². The zero-order chi connectivity index (χ0) is 14.5. The molecule has 5 heteroatoms.